The quantitative estimate of drug-likeness (QED) is 0.105. The van der Waals surface area contributed by atoms with Gasteiger partial charge < -0.3 is 38.3 Å². The van der Waals surface area contributed by atoms with E-state index in [2.05, 4.69) is 16.0 Å². The summed E-state index contributed by atoms with van der Waals surface area (Å²) in [6.45, 7) is 3.90. The molecule has 13 heteroatoms. The fourth-order valence-electron chi connectivity index (χ4n) is 3.18. The largest absolute Gasteiger partial charge is 0.480 e. The number of carbonyl (C=O) groups excluding carboxylic acids is 4. The van der Waals surface area contributed by atoms with Crippen LogP contribution in [0.4, 0.5) is 0 Å². The van der Waals surface area contributed by atoms with Crippen LogP contribution in [-0.4, -0.2) is 77.4 Å². The molecule has 35 heavy (non-hydrogen) atoms. The highest BCUT2D eigenvalue weighted by molar-refractivity contribution is 7.98. The van der Waals surface area contributed by atoms with E-state index in [-0.39, 0.29) is 25.2 Å². The van der Waals surface area contributed by atoms with Gasteiger partial charge in [0.1, 0.15) is 18.1 Å². The molecule has 5 atom stereocenters. The maximum absolute atomic E-state index is 13.0. The maximum atomic E-state index is 13.0. The Morgan fingerprint density at radius 2 is 1.49 bits per heavy atom. The Morgan fingerprint density at radius 3 is 2.00 bits per heavy atom. The van der Waals surface area contributed by atoms with Gasteiger partial charge in [0.25, 0.3) is 0 Å². The number of amides is 4. The van der Waals surface area contributed by atoms with E-state index in [0.717, 1.165) is 0 Å². The number of carboxylic acids is 1. The Bertz CT molecular complexity index is 710. The third-order valence-electron chi connectivity index (χ3n) is 5.64. The van der Waals surface area contributed by atoms with Crippen molar-refractivity contribution in [3.05, 3.63) is 0 Å². The molecule has 12 nitrogen and oxygen atoms in total. The van der Waals surface area contributed by atoms with E-state index in [0.29, 0.717) is 38.0 Å². The summed E-state index contributed by atoms with van der Waals surface area (Å²) in [4.78, 5) is 61.4. The summed E-state index contributed by atoms with van der Waals surface area (Å²) in [5.41, 5.74) is 16.6. The second kappa shape index (κ2) is 18.0. The summed E-state index contributed by atoms with van der Waals surface area (Å²) < 4.78 is 0. The van der Waals surface area contributed by atoms with E-state index in [9.17, 15) is 29.1 Å². The van der Waals surface area contributed by atoms with E-state index in [1.54, 1.807) is 6.92 Å². The molecule has 0 bridgehead atoms. The number of carboxylic acid groups (broad SMARTS) is 1. The molecule has 0 rings (SSSR count). The maximum Gasteiger partial charge on any atom is 0.326 e. The van der Waals surface area contributed by atoms with Gasteiger partial charge in [-0.3, -0.25) is 19.2 Å². The molecule has 0 aromatic heterocycles. The van der Waals surface area contributed by atoms with Gasteiger partial charge in [-0.05, 0) is 56.6 Å². The number of primary amides is 1. The van der Waals surface area contributed by atoms with Crippen LogP contribution >= 0.6 is 11.8 Å². The van der Waals surface area contributed by atoms with Crippen LogP contribution in [0, 0.1) is 5.92 Å². The Morgan fingerprint density at radius 1 is 0.914 bits per heavy atom. The highest BCUT2D eigenvalue weighted by Gasteiger charge is 2.31. The number of carbonyl (C=O) groups is 5. The van der Waals surface area contributed by atoms with Crippen molar-refractivity contribution in [3.8, 4) is 0 Å². The smallest absolute Gasteiger partial charge is 0.326 e. The summed E-state index contributed by atoms with van der Waals surface area (Å²) in [6, 6.07) is -4.17. The molecule has 0 heterocycles. The SMILES string of the molecule is CCC(C)C(NC(=O)C(CCCCN)NC(=O)C(CCC(N)=O)NC(=O)C(N)CCSC)C(=O)O. The van der Waals surface area contributed by atoms with E-state index < -0.39 is 53.8 Å². The lowest BCUT2D eigenvalue weighted by Gasteiger charge is -2.26. The van der Waals surface area contributed by atoms with E-state index in [1.165, 1.54) is 11.8 Å². The summed E-state index contributed by atoms with van der Waals surface area (Å²) >= 11 is 1.52. The molecule has 10 N–H and O–H groups in total. The number of rotatable bonds is 19. The molecule has 0 aliphatic rings. The average Bonchev–Trinajstić information content (AvgIpc) is 2.81. The standard InChI is InChI=1S/C22H42N6O6S/c1-4-13(2)18(22(33)34)28-21(32)15(7-5-6-11-23)27-20(31)16(8-9-17(25)29)26-19(30)14(24)10-12-35-3/h13-16,18H,4-12,23-24H2,1-3H3,(H2,25,29)(H,26,30)(H,27,31)(H,28,32)(H,33,34). The van der Waals surface area contributed by atoms with Crippen molar-refractivity contribution >= 4 is 41.4 Å². The molecule has 0 aliphatic heterocycles. The van der Waals surface area contributed by atoms with Crippen molar-refractivity contribution in [2.24, 2.45) is 23.1 Å². The van der Waals surface area contributed by atoms with Crippen LogP contribution in [0.15, 0.2) is 0 Å². The molecular formula is C22H42N6O6S. The van der Waals surface area contributed by atoms with E-state index >= 15 is 0 Å². The third kappa shape index (κ3) is 13.3. The van der Waals surface area contributed by atoms with Crippen molar-refractivity contribution < 1.29 is 29.1 Å². The Labute approximate surface area is 211 Å². The Kier molecular flexibility index (Phi) is 16.7. The van der Waals surface area contributed by atoms with Gasteiger partial charge in [0, 0.05) is 6.42 Å². The lowest BCUT2D eigenvalue weighted by Crippen LogP contribution is -2.57. The molecule has 202 valence electrons. The lowest BCUT2D eigenvalue weighted by atomic mass is 9.98. The summed E-state index contributed by atoms with van der Waals surface area (Å²) in [6.07, 6.45) is 3.87. The summed E-state index contributed by atoms with van der Waals surface area (Å²) in [5, 5.41) is 17.1. The third-order valence-corrected chi connectivity index (χ3v) is 6.28. The monoisotopic (exact) mass is 518 g/mol. The molecule has 0 saturated heterocycles. The Balaban J connectivity index is 5.58. The van der Waals surface area contributed by atoms with Gasteiger partial charge in [-0.15, -0.1) is 0 Å². The van der Waals surface area contributed by atoms with Gasteiger partial charge in [-0.1, -0.05) is 20.3 Å². The first-order valence-electron chi connectivity index (χ1n) is 11.8. The predicted octanol–water partition coefficient (Wildman–Crippen LogP) is -0.954. The van der Waals surface area contributed by atoms with Crippen molar-refractivity contribution in [2.75, 3.05) is 18.6 Å². The number of hydrogen-bond acceptors (Lipinski definition) is 8. The van der Waals surface area contributed by atoms with E-state index in [1.807, 2.05) is 13.2 Å². The first kappa shape index (κ1) is 32.6. The minimum absolute atomic E-state index is 0.0795. The van der Waals surface area contributed by atoms with Crippen molar-refractivity contribution in [2.45, 2.75) is 83.0 Å². The van der Waals surface area contributed by atoms with Gasteiger partial charge in [-0.25, -0.2) is 4.79 Å². The summed E-state index contributed by atoms with van der Waals surface area (Å²) in [7, 11) is 0. The normalized spacial score (nSPS) is 15.2. The highest BCUT2D eigenvalue weighted by Crippen LogP contribution is 2.10. The fourth-order valence-corrected chi connectivity index (χ4v) is 3.67. The van der Waals surface area contributed by atoms with Crippen LogP contribution in [0.2, 0.25) is 0 Å². The lowest BCUT2D eigenvalue weighted by molar-refractivity contribution is -0.144. The number of nitrogens with one attached hydrogen (secondary N) is 3. The van der Waals surface area contributed by atoms with Crippen LogP contribution in [0.1, 0.15) is 58.8 Å². The second-order valence-electron chi connectivity index (χ2n) is 8.51. The van der Waals surface area contributed by atoms with Crippen LogP contribution in [-0.2, 0) is 24.0 Å². The van der Waals surface area contributed by atoms with Crippen molar-refractivity contribution in [1.82, 2.24) is 16.0 Å². The zero-order valence-electron chi connectivity index (χ0n) is 20.9. The molecule has 5 unspecified atom stereocenters. The molecule has 0 spiro atoms. The molecule has 4 amide bonds. The number of unbranched alkanes of at least 4 members (excludes halogenated alkanes) is 1. The van der Waals surface area contributed by atoms with Crippen LogP contribution < -0.4 is 33.2 Å². The first-order valence-corrected chi connectivity index (χ1v) is 13.2. The van der Waals surface area contributed by atoms with Crippen molar-refractivity contribution in [1.29, 1.82) is 0 Å². The zero-order valence-corrected chi connectivity index (χ0v) is 21.7. The Hall–Kier alpha value is -2.38. The van der Waals surface area contributed by atoms with Gasteiger partial charge >= 0.3 is 5.97 Å². The topological polar surface area (TPSA) is 220 Å². The van der Waals surface area contributed by atoms with Crippen LogP contribution in [0.3, 0.4) is 0 Å². The van der Waals surface area contributed by atoms with Gasteiger partial charge in [0.2, 0.25) is 23.6 Å². The molecule has 0 radical (unpaired) electrons. The van der Waals surface area contributed by atoms with Gasteiger partial charge in [0.15, 0.2) is 0 Å². The highest BCUT2D eigenvalue weighted by atomic mass is 32.2. The molecule has 0 aliphatic carbocycles. The average molecular weight is 519 g/mol. The van der Waals surface area contributed by atoms with Gasteiger partial charge in [-0.2, -0.15) is 11.8 Å². The van der Waals surface area contributed by atoms with Crippen molar-refractivity contribution in [3.63, 3.8) is 0 Å². The van der Waals surface area contributed by atoms with Crippen LogP contribution in [0.5, 0.6) is 0 Å². The minimum atomic E-state index is -1.18. The first-order chi connectivity index (χ1) is 16.5. The molecular weight excluding hydrogens is 476 g/mol. The summed E-state index contributed by atoms with van der Waals surface area (Å²) in [5.74, 6) is -3.42. The molecule has 0 aromatic rings. The molecule has 0 aromatic carbocycles. The number of hydrogen-bond donors (Lipinski definition) is 7. The molecule has 0 saturated carbocycles. The number of nitrogens with two attached hydrogens (primary N) is 3. The number of thioether (sulfide) groups is 1. The number of aliphatic carboxylic acids is 1. The minimum Gasteiger partial charge on any atom is -0.480 e. The van der Waals surface area contributed by atoms with E-state index in [4.69, 9.17) is 17.2 Å². The fraction of sp³-hybridized carbons (Fsp3) is 0.773. The van der Waals surface area contributed by atoms with Crippen LogP contribution in [0.25, 0.3) is 0 Å². The molecule has 0 fully saturated rings. The van der Waals surface area contributed by atoms with Gasteiger partial charge in [0.05, 0.1) is 6.04 Å². The zero-order chi connectivity index (χ0) is 27.0. The predicted molar refractivity (Wildman–Crippen MR) is 135 cm³/mol. The second-order valence-corrected chi connectivity index (χ2v) is 9.50.